The number of hydrogen-bond donors (Lipinski definition) is 0. The fourth-order valence-corrected chi connectivity index (χ4v) is 8.09. The van der Waals surface area contributed by atoms with E-state index in [0.29, 0.717) is 0 Å². The first-order valence-corrected chi connectivity index (χ1v) is 14.9. The molecule has 2 aromatic heterocycles. The summed E-state index contributed by atoms with van der Waals surface area (Å²) in [5, 5.41) is 6.84. The Labute approximate surface area is 226 Å². The molecule has 0 N–H and O–H groups in total. The maximum Gasteiger partial charge on any atom is 0.191 e. The molecular formula is C29H30IN4OP. The average Bonchev–Trinajstić information content (AvgIpc) is 3.23. The van der Waals surface area contributed by atoms with Crippen LogP contribution in [0, 0.1) is 3.57 Å². The predicted octanol–water partition coefficient (Wildman–Crippen LogP) is 8.55. The van der Waals surface area contributed by atoms with Crippen LogP contribution in [-0.4, -0.2) is 19.9 Å². The second-order valence-corrected chi connectivity index (χ2v) is 14.4. The summed E-state index contributed by atoms with van der Waals surface area (Å²) in [7, 11) is -2.78. The van der Waals surface area contributed by atoms with Crippen LogP contribution < -0.4 is 9.96 Å². The highest BCUT2D eigenvalue weighted by Crippen LogP contribution is 2.63. The largest absolute Gasteiger partial charge is 0.451 e. The summed E-state index contributed by atoms with van der Waals surface area (Å²) in [4.78, 5) is 4.70. The van der Waals surface area contributed by atoms with Crippen molar-refractivity contribution in [3.63, 3.8) is 0 Å². The molecule has 3 aromatic carbocycles. The molecule has 0 fully saturated rings. The van der Waals surface area contributed by atoms with E-state index in [1.165, 1.54) is 3.57 Å². The van der Waals surface area contributed by atoms with Gasteiger partial charge in [0.1, 0.15) is 11.0 Å². The van der Waals surface area contributed by atoms with Crippen molar-refractivity contribution >= 4 is 62.8 Å². The third-order valence-electron chi connectivity index (χ3n) is 6.16. The van der Waals surface area contributed by atoms with Gasteiger partial charge >= 0.3 is 0 Å². The Morgan fingerprint density at radius 3 is 2.44 bits per heavy atom. The molecule has 5 aromatic rings. The summed E-state index contributed by atoms with van der Waals surface area (Å²) in [6, 6.07) is 26.8. The van der Waals surface area contributed by atoms with E-state index >= 15 is 0 Å². The maximum absolute atomic E-state index is 7.27. The Hall–Kier alpha value is -2.70. The highest BCUT2D eigenvalue weighted by molar-refractivity contribution is 14.1. The van der Waals surface area contributed by atoms with Crippen LogP contribution in [0.1, 0.15) is 34.1 Å². The summed E-state index contributed by atoms with van der Waals surface area (Å²) in [5.74, 6) is 0.749. The summed E-state index contributed by atoms with van der Waals surface area (Å²) in [6.07, 6.45) is 2.78. The van der Waals surface area contributed by atoms with E-state index in [1.54, 1.807) is 0 Å². The molecule has 1 atom stereocenters. The minimum Gasteiger partial charge on any atom is -0.451 e. The van der Waals surface area contributed by atoms with Crippen molar-refractivity contribution in [2.75, 3.05) is 0 Å². The van der Waals surface area contributed by atoms with Gasteiger partial charge in [0, 0.05) is 32.2 Å². The van der Waals surface area contributed by atoms with E-state index in [-0.39, 0.29) is 5.16 Å². The molecule has 0 spiro atoms. The van der Waals surface area contributed by atoms with Crippen LogP contribution in [0.3, 0.4) is 0 Å². The second kappa shape index (κ2) is 9.98. The number of fused-ring (bicyclic) bond motifs is 2. The number of rotatable bonds is 6. The quantitative estimate of drug-likeness (QED) is 0.143. The Morgan fingerprint density at radius 2 is 1.69 bits per heavy atom. The summed E-state index contributed by atoms with van der Waals surface area (Å²) >= 11 is 2.33. The van der Waals surface area contributed by atoms with Gasteiger partial charge in [-0.05, 0) is 71.5 Å². The molecule has 7 heteroatoms. The monoisotopic (exact) mass is 608 g/mol. The van der Waals surface area contributed by atoms with Crippen LogP contribution in [-0.2, 0) is 6.54 Å². The molecule has 184 valence electrons. The van der Waals surface area contributed by atoms with Crippen LogP contribution in [0.5, 0.6) is 5.75 Å². The van der Waals surface area contributed by atoms with Gasteiger partial charge < -0.3 is 4.52 Å². The zero-order valence-corrected chi connectivity index (χ0v) is 24.1. The zero-order valence-electron chi connectivity index (χ0n) is 21.0. The lowest BCUT2D eigenvalue weighted by Crippen LogP contribution is -2.32. The van der Waals surface area contributed by atoms with Crippen molar-refractivity contribution in [2.45, 2.75) is 45.8 Å². The van der Waals surface area contributed by atoms with Gasteiger partial charge in [0.15, 0.2) is 13.0 Å². The number of hydrogen-bond acceptors (Lipinski definition) is 4. The minimum absolute atomic E-state index is 0.332. The van der Waals surface area contributed by atoms with E-state index in [9.17, 15) is 0 Å². The molecule has 0 aliphatic rings. The Balaban J connectivity index is 1.90. The molecule has 0 saturated heterocycles. The van der Waals surface area contributed by atoms with Crippen LogP contribution in [0.2, 0.25) is 0 Å². The number of aryl methyl sites for hydroxylation is 1. The molecule has 36 heavy (non-hydrogen) atoms. The minimum atomic E-state index is -2.78. The SMILES string of the molecule is CCCn1nc2ccccc2c1[P@](=Nc1ccc(I)cc1)(Oc1cccc2cccnc12)C(C)(C)C. The van der Waals surface area contributed by atoms with Gasteiger partial charge in [0.25, 0.3) is 0 Å². The molecule has 0 amide bonds. The van der Waals surface area contributed by atoms with Gasteiger partial charge in [-0.1, -0.05) is 64.1 Å². The van der Waals surface area contributed by atoms with Crippen LogP contribution in [0.4, 0.5) is 5.69 Å². The van der Waals surface area contributed by atoms with Crippen molar-refractivity contribution in [1.82, 2.24) is 14.8 Å². The van der Waals surface area contributed by atoms with Crippen molar-refractivity contribution < 1.29 is 4.52 Å². The third kappa shape index (κ3) is 4.57. The standard InChI is InChI=1S/C29H30IN4OP/c1-5-20-34-28(24-12-6-7-13-25(24)32-34)36(29(2,3)4,33-23-17-15-22(30)16-18-23)35-26-14-8-10-21-11-9-19-31-27(21)26/h6-19H,5,20H2,1-4H3/t36-/m0/s1. The smallest absolute Gasteiger partial charge is 0.191 e. The van der Waals surface area contributed by atoms with Crippen molar-refractivity contribution in [3.05, 3.63) is 88.6 Å². The average molecular weight is 608 g/mol. The first-order chi connectivity index (χ1) is 17.3. The van der Waals surface area contributed by atoms with Crippen molar-refractivity contribution in [1.29, 1.82) is 0 Å². The molecule has 0 unspecified atom stereocenters. The van der Waals surface area contributed by atoms with Gasteiger partial charge in [-0.15, -0.1) is 0 Å². The number of aromatic nitrogens is 3. The molecular weight excluding hydrogens is 578 g/mol. The summed E-state index contributed by atoms with van der Waals surface area (Å²) in [5.41, 5.74) is 3.78. The molecule has 0 bridgehead atoms. The van der Waals surface area contributed by atoms with Crippen molar-refractivity contribution in [2.24, 2.45) is 4.74 Å². The maximum atomic E-state index is 7.27. The summed E-state index contributed by atoms with van der Waals surface area (Å²) < 4.78 is 16.1. The van der Waals surface area contributed by atoms with Crippen LogP contribution in [0.15, 0.2) is 89.8 Å². The Kier molecular flexibility index (Phi) is 6.92. The molecule has 5 nitrogen and oxygen atoms in total. The highest BCUT2D eigenvalue weighted by atomic mass is 127. The van der Waals surface area contributed by atoms with Gasteiger partial charge in [-0.3, -0.25) is 9.67 Å². The lowest BCUT2D eigenvalue weighted by atomic mass is 10.2. The fraction of sp³-hybridized carbons (Fsp3) is 0.241. The molecule has 0 saturated carbocycles. The van der Waals surface area contributed by atoms with E-state index < -0.39 is 7.28 Å². The number of nitrogens with zero attached hydrogens (tertiary/aromatic N) is 4. The topological polar surface area (TPSA) is 52.3 Å². The van der Waals surface area contributed by atoms with Gasteiger partial charge in [0.05, 0.1) is 11.2 Å². The molecule has 0 aliphatic heterocycles. The molecule has 0 aliphatic carbocycles. The predicted molar refractivity (Wildman–Crippen MR) is 160 cm³/mol. The molecule has 0 radical (unpaired) electrons. The van der Waals surface area contributed by atoms with Crippen LogP contribution in [0.25, 0.3) is 21.8 Å². The fourth-order valence-electron chi connectivity index (χ4n) is 4.43. The van der Waals surface area contributed by atoms with Gasteiger partial charge in [0.2, 0.25) is 0 Å². The van der Waals surface area contributed by atoms with Crippen molar-refractivity contribution in [3.8, 4) is 5.75 Å². The Bertz CT molecular complexity index is 1580. The lowest BCUT2D eigenvalue weighted by Gasteiger charge is -2.37. The zero-order chi connectivity index (χ0) is 25.3. The van der Waals surface area contributed by atoms with Gasteiger partial charge in [-0.25, -0.2) is 4.74 Å². The summed E-state index contributed by atoms with van der Waals surface area (Å²) in [6.45, 7) is 9.66. The van der Waals surface area contributed by atoms with Crippen LogP contribution >= 0.6 is 29.9 Å². The first-order valence-electron chi connectivity index (χ1n) is 12.2. The number of benzene rings is 3. The number of halogens is 1. The van der Waals surface area contributed by atoms with E-state index in [2.05, 4.69) is 110 Å². The second-order valence-electron chi connectivity index (χ2n) is 9.81. The lowest BCUT2D eigenvalue weighted by molar-refractivity contribution is 0.562. The first kappa shape index (κ1) is 25.0. The van der Waals surface area contributed by atoms with E-state index in [0.717, 1.165) is 51.6 Å². The number of para-hydroxylation sites is 1. The molecule has 2 heterocycles. The third-order valence-corrected chi connectivity index (χ3v) is 10.7. The van der Waals surface area contributed by atoms with E-state index in [1.807, 2.05) is 30.5 Å². The number of pyridine rings is 1. The van der Waals surface area contributed by atoms with E-state index in [4.69, 9.17) is 19.4 Å². The normalized spacial score (nSPS) is 13.6. The molecule has 5 rings (SSSR count). The highest BCUT2D eigenvalue weighted by Gasteiger charge is 2.43. The van der Waals surface area contributed by atoms with Gasteiger partial charge in [-0.2, -0.15) is 5.10 Å². The Morgan fingerprint density at radius 1 is 0.944 bits per heavy atom.